The van der Waals surface area contributed by atoms with Gasteiger partial charge in [0.05, 0.1) is 11.4 Å². The predicted molar refractivity (Wildman–Crippen MR) is 223 cm³/mol. The van der Waals surface area contributed by atoms with Gasteiger partial charge in [-0.3, -0.25) is 0 Å². The van der Waals surface area contributed by atoms with Gasteiger partial charge in [0.2, 0.25) is 0 Å². The van der Waals surface area contributed by atoms with Crippen LogP contribution in [0.4, 0.5) is 0 Å². The molecule has 0 fully saturated rings. The molecule has 7 aromatic carbocycles. The van der Waals surface area contributed by atoms with E-state index in [4.69, 9.17) is 24.4 Å². The number of fused-ring (bicyclic) bond motifs is 3. The summed E-state index contributed by atoms with van der Waals surface area (Å²) in [7, 11) is 0. The summed E-state index contributed by atoms with van der Waals surface area (Å²) in [5.41, 5.74) is 12.5. The van der Waals surface area contributed by atoms with E-state index in [9.17, 15) is 0 Å². The average Bonchev–Trinajstić information content (AvgIpc) is 3.66. The lowest BCUT2D eigenvalue weighted by molar-refractivity contribution is 0.669. The first-order valence-corrected chi connectivity index (χ1v) is 18.3. The molecule has 0 N–H and O–H groups in total. The first-order valence-electron chi connectivity index (χ1n) is 18.3. The summed E-state index contributed by atoms with van der Waals surface area (Å²) in [6.07, 6.45) is 0. The van der Waals surface area contributed by atoms with Gasteiger partial charge in [-0.1, -0.05) is 164 Å². The van der Waals surface area contributed by atoms with Gasteiger partial charge in [0, 0.05) is 38.6 Å². The minimum atomic E-state index is 0.591. The summed E-state index contributed by atoms with van der Waals surface area (Å²) in [6.45, 7) is 0. The highest BCUT2D eigenvalue weighted by atomic mass is 16.3. The Balaban J connectivity index is 1.26. The van der Waals surface area contributed by atoms with Gasteiger partial charge in [0.1, 0.15) is 11.2 Å². The van der Waals surface area contributed by atoms with E-state index in [0.717, 1.165) is 83.4 Å². The van der Waals surface area contributed by atoms with Gasteiger partial charge >= 0.3 is 0 Å². The lowest BCUT2D eigenvalue weighted by atomic mass is 9.89. The van der Waals surface area contributed by atoms with E-state index in [1.165, 1.54) is 0 Å². The maximum atomic E-state index is 6.38. The second kappa shape index (κ2) is 13.8. The zero-order valence-corrected chi connectivity index (χ0v) is 29.7. The summed E-state index contributed by atoms with van der Waals surface area (Å²) >= 11 is 0. The van der Waals surface area contributed by atoms with Crippen LogP contribution >= 0.6 is 0 Å². The highest BCUT2D eigenvalue weighted by Crippen LogP contribution is 2.43. The second-order valence-electron chi connectivity index (χ2n) is 13.4. The molecule has 0 spiro atoms. The fourth-order valence-electron chi connectivity index (χ4n) is 7.29. The lowest BCUT2D eigenvalue weighted by Crippen LogP contribution is -2.00. The van der Waals surface area contributed by atoms with Crippen molar-refractivity contribution in [3.05, 3.63) is 194 Å². The van der Waals surface area contributed by atoms with Crippen molar-refractivity contribution in [2.75, 3.05) is 0 Å². The van der Waals surface area contributed by atoms with Crippen LogP contribution in [0, 0.1) is 0 Å². The van der Waals surface area contributed by atoms with Crippen molar-refractivity contribution in [3.8, 4) is 78.9 Å². The topological polar surface area (TPSA) is 64.7 Å². The molecule has 0 unspecified atom stereocenters. The molecule has 0 saturated carbocycles. The van der Waals surface area contributed by atoms with Gasteiger partial charge in [-0.15, -0.1) is 0 Å². The zero-order chi connectivity index (χ0) is 36.6. The Morgan fingerprint density at radius 1 is 0.291 bits per heavy atom. The van der Waals surface area contributed by atoms with Crippen molar-refractivity contribution < 1.29 is 4.42 Å². The van der Waals surface area contributed by atoms with Crippen LogP contribution in [0.3, 0.4) is 0 Å². The van der Waals surface area contributed by atoms with Crippen molar-refractivity contribution in [2.45, 2.75) is 0 Å². The summed E-state index contributed by atoms with van der Waals surface area (Å²) in [5, 5.41) is 2.15. The molecule has 5 nitrogen and oxygen atoms in total. The quantitative estimate of drug-likeness (QED) is 0.165. The zero-order valence-electron chi connectivity index (χ0n) is 29.7. The molecule has 0 atom stereocenters. The average molecular weight is 705 g/mol. The monoisotopic (exact) mass is 704 g/mol. The Kier molecular flexibility index (Phi) is 8.08. The van der Waals surface area contributed by atoms with Gasteiger partial charge in [-0.2, -0.15) is 0 Å². The normalized spacial score (nSPS) is 11.3. The number of aromatic nitrogens is 4. The van der Waals surface area contributed by atoms with Crippen LogP contribution in [-0.2, 0) is 0 Å². The van der Waals surface area contributed by atoms with Crippen molar-refractivity contribution in [1.29, 1.82) is 0 Å². The minimum absolute atomic E-state index is 0.591. The molecule has 258 valence electrons. The molecule has 10 rings (SSSR count). The van der Waals surface area contributed by atoms with Gasteiger partial charge < -0.3 is 4.42 Å². The van der Waals surface area contributed by atoms with Gasteiger partial charge in [-0.05, 0) is 52.6 Å². The molecule has 0 bridgehead atoms. The molecule has 0 aliphatic carbocycles. The molecule has 0 radical (unpaired) electrons. The molecule has 0 aliphatic rings. The Morgan fingerprint density at radius 2 is 0.782 bits per heavy atom. The third-order valence-electron chi connectivity index (χ3n) is 9.95. The van der Waals surface area contributed by atoms with E-state index in [0.29, 0.717) is 17.5 Å². The van der Waals surface area contributed by atoms with E-state index in [1.54, 1.807) is 0 Å². The van der Waals surface area contributed by atoms with Crippen molar-refractivity contribution in [2.24, 2.45) is 0 Å². The Morgan fingerprint density at radius 3 is 1.36 bits per heavy atom. The number of para-hydroxylation sites is 1. The first-order chi connectivity index (χ1) is 27.2. The molecule has 5 heteroatoms. The summed E-state index contributed by atoms with van der Waals surface area (Å²) in [5.74, 6) is 1.82. The first kappa shape index (κ1) is 32.2. The Labute approximate surface area is 318 Å². The summed E-state index contributed by atoms with van der Waals surface area (Å²) in [4.78, 5) is 20.4. The number of nitrogens with zero attached hydrogens (tertiary/aromatic N) is 4. The fraction of sp³-hybridized carbons (Fsp3) is 0. The van der Waals surface area contributed by atoms with E-state index in [1.807, 2.05) is 91.0 Å². The number of rotatable bonds is 7. The van der Waals surface area contributed by atoms with E-state index < -0.39 is 0 Å². The number of pyridine rings is 1. The smallest absolute Gasteiger partial charge is 0.164 e. The Bertz CT molecular complexity index is 2850. The van der Waals surface area contributed by atoms with Crippen LogP contribution < -0.4 is 0 Å². The minimum Gasteiger partial charge on any atom is -0.456 e. The maximum Gasteiger partial charge on any atom is 0.164 e. The SMILES string of the molecule is c1ccc(-c2cc(-c3cc(-c4nc(-c5ccccc5)nc(-c5ccccc5)n4)ccc3-c3cccc4oc5ccccc5c34)cc(-c3ccccc3)n2)cc1. The van der Waals surface area contributed by atoms with Crippen LogP contribution in [0.15, 0.2) is 199 Å². The number of hydrogen-bond donors (Lipinski definition) is 0. The fourth-order valence-corrected chi connectivity index (χ4v) is 7.29. The van der Waals surface area contributed by atoms with Crippen molar-refractivity contribution >= 4 is 21.9 Å². The highest BCUT2D eigenvalue weighted by Gasteiger charge is 2.20. The number of hydrogen-bond acceptors (Lipinski definition) is 5. The molecule has 3 heterocycles. The number of benzene rings is 7. The third kappa shape index (κ3) is 6.14. The standard InChI is InChI=1S/C50H32N4O/c1-5-16-33(17-6-1)43-31-38(32-44(51-43)34-18-7-2-8-19-34)42-30-37(28-29-39(42)40-25-15-27-46-47(40)41-24-13-14-26-45(41)55-46)50-53-48(35-20-9-3-10-21-35)52-49(54-50)36-22-11-4-12-23-36/h1-32H. The van der Waals surface area contributed by atoms with Gasteiger partial charge in [0.25, 0.3) is 0 Å². The van der Waals surface area contributed by atoms with Crippen LogP contribution in [0.5, 0.6) is 0 Å². The van der Waals surface area contributed by atoms with Crippen LogP contribution in [0.2, 0.25) is 0 Å². The molecule has 10 aromatic rings. The molecular formula is C50H32N4O. The summed E-state index contributed by atoms with van der Waals surface area (Å²) < 4.78 is 6.38. The van der Waals surface area contributed by atoms with Crippen LogP contribution in [0.25, 0.3) is 101 Å². The van der Waals surface area contributed by atoms with E-state index >= 15 is 0 Å². The lowest BCUT2D eigenvalue weighted by Gasteiger charge is -2.16. The summed E-state index contributed by atoms with van der Waals surface area (Å²) in [6, 6.07) is 66.3. The third-order valence-corrected chi connectivity index (χ3v) is 9.95. The van der Waals surface area contributed by atoms with Crippen molar-refractivity contribution in [1.82, 2.24) is 19.9 Å². The van der Waals surface area contributed by atoms with Gasteiger partial charge in [-0.25, -0.2) is 19.9 Å². The van der Waals surface area contributed by atoms with Crippen molar-refractivity contribution in [3.63, 3.8) is 0 Å². The van der Waals surface area contributed by atoms with Crippen LogP contribution in [0.1, 0.15) is 0 Å². The molecule has 0 amide bonds. The second-order valence-corrected chi connectivity index (χ2v) is 13.4. The predicted octanol–water partition coefficient (Wildman–Crippen LogP) is 12.8. The van der Waals surface area contributed by atoms with Gasteiger partial charge in [0.15, 0.2) is 17.5 Å². The maximum absolute atomic E-state index is 6.38. The number of furan rings is 1. The highest BCUT2D eigenvalue weighted by molar-refractivity contribution is 6.13. The molecule has 0 saturated heterocycles. The molecule has 0 aliphatic heterocycles. The molecule has 3 aromatic heterocycles. The Hall–Kier alpha value is -7.50. The largest absolute Gasteiger partial charge is 0.456 e. The van der Waals surface area contributed by atoms with E-state index in [-0.39, 0.29) is 0 Å². The molecule has 55 heavy (non-hydrogen) atoms. The van der Waals surface area contributed by atoms with Crippen LogP contribution in [-0.4, -0.2) is 19.9 Å². The van der Waals surface area contributed by atoms with E-state index in [2.05, 4.69) is 103 Å². The molecular weight excluding hydrogens is 673 g/mol.